The van der Waals surface area contributed by atoms with Crippen LogP contribution in [0.3, 0.4) is 0 Å². The van der Waals surface area contributed by atoms with Crippen molar-refractivity contribution >= 4 is 17.7 Å². The average molecular weight is 566 g/mol. The van der Waals surface area contributed by atoms with Crippen LogP contribution >= 0.6 is 0 Å². The lowest BCUT2D eigenvalue weighted by atomic mass is 9.66. The number of nitrogens with zero attached hydrogens (tertiary/aromatic N) is 3. The van der Waals surface area contributed by atoms with Gasteiger partial charge in [-0.05, 0) is 44.6 Å². The normalized spacial score (nSPS) is 28.0. The maximum absolute atomic E-state index is 14.4. The molecule has 0 aromatic heterocycles. The number of unbranched alkanes of at least 4 members (excludes halogenated alkanes) is 3. The molecule has 4 rings (SSSR count). The number of benzene rings is 1. The Morgan fingerprint density at radius 3 is 2.41 bits per heavy atom. The van der Waals surface area contributed by atoms with E-state index in [1.54, 1.807) is 26.9 Å². The molecule has 3 saturated heterocycles. The Hall–Kier alpha value is -2.97. The highest BCUT2D eigenvalue weighted by molar-refractivity contribution is 5.99. The second-order valence-electron chi connectivity index (χ2n) is 12.0. The number of carbonyl (C=O) groups excluding carboxylic acids is 3. The summed E-state index contributed by atoms with van der Waals surface area (Å²) in [6, 6.07) is 8.99. The van der Waals surface area contributed by atoms with E-state index >= 15 is 0 Å². The van der Waals surface area contributed by atoms with Gasteiger partial charge < -0.3 is 24.5 Å². The Bertz CT molecular complexity index is 1110. The van der Waals surface area contributed by atoms with Crippen LogP contribution in [0.4, 0.5) is 0 Å². The van der Waals surface area contributed by atoms with Crippen molar-refractivity contribution in [3.63, 3.8) is 0 Å². The van der Waals surface area contributed by atoms with Gasteiger partial charge in [0.1, 0.15) is 11.6 Å². The summed E-state index contributed by atoms with van der Waals surface area (Å²) in [7, 11) is 0. The van der Waals surface area contributed by atoms with Crippen molar-refractivity contribution in [1.82, 2.24) is 14.7 Å². The number of amides is 3. The van der Waals surface area contributed by atoms with E-state index in [-0.39, 0.29) is 24.3 Å². The monoisotopic (exact) mass is 565 g/mol. The molecular weight excluding hydrogens is 518 g/mol. The molecule has 0 aliphatic carbocycles. The van der Waals surface area contributed by atoms with Crippen LogP contribution in [0.1, 0.15) is 64.4 Å². The fourth-order valence-corrected chi connectivity index (χ4v) is 7.28. The zero-order chi connectivity index (χ0) is 29.6. The van der Waals surface area contributed by atoms with Crippen LogP contribution in [0.5, 0.6) is 0 Å². The van der Waals surface area contributed by atoms with E-state index in [2.05, 4.69) is 20.1 Å². The molecule has 1 spiro atoms. The molecule has 3 aliphatic rings. The second kappa shape index (κ2) is 13.3. The third-order valence-electron chi connectivity index (χ3n) is 9.15. The van der Waals surface area contributed by atoms with Crippen LogP contribution in [-0.4, -0.2) is 87.6 Å². The fourth-order valence-electron chi connectivity index (χ4n) is 7.28. The smallest absolute Gasteiger partial charge is 0.248 e. The first-order chi connectivity index (χ1) is 19.8. The summed E-state index contributed by atoms with van der Waals surface area (Å²) in [5, 5.41) is 9.43. The van der Waals surface area contributed by atoms with Crippen LogP contribution in [-0.2, 0) is 25.7 Å². The number of fused-ring (bicyclic) bond motifs is 1. The van der Waals surface area contributed by atoms with Gasteiger partial charge in [-0.25, -0.2) is 0 Å². The van der Waals surface area contributed by atoms with Gasteiger partial charge in [0.15, 0.2) is 0 Å². The Balaban J connectivity index is 1.70. The number of rotatable bonds is 16. The third kappa shape index (κ3) is 5.86. The van der Waals surface area contributed by atoms with Gasteiger partial charge in [0.05, 0.1) is 17.4 Å². The molecule has 1 aromatic rings. The Labute approximate surface area is 245 Å². The highest BCUT2D eigenvalue weighted by atomic mass is 16.5. The number of carbonyl (C=O) groups is 3. The van der Waals surface area contributed by atoms with Crippen molar-refractivity contribution < 1.29 is 24.2 Å². The van der Waals surface area contributed by atoms with Gasteiger partial charge in [0.2, 0.25) is 17.7 Å². The minimum atomic E-state index is -1.06. The largest absolute Gasteiger partial charge is 0.396 e. The fraction of sp³-hybridized carbons (Fsp3) is 0.606. The molecular formula is C33H47N3O5. The average Bonchev–Trinajstić information content (AvgIpc) is 3.53. The molecule has 8 heteroatoms. The topological polar surface area (TPSA) is 90.4 Å². The summed E-state index contributed by atoms with van der Waals surface area (Å²) >= 11 is 0. The molecule has 2 unspecified atom stereocenters. The molecule has 41 heavy (non-hydrogen) atoms. The van der Waals surface area contributed by atoms with Crippen molar-refractivity contribution in [3.8, 4) is 0 Å². The molecule has 3 heterocycles. The lowest BCUT2D eigenvalue weighted by Gasteiger charge is -2.37. The molecule has 2 bridgehead atoms. The quantitative estimate of drug-likeness (QED) is 0.242. The van der Waals surface area contributed by atoms with E-state index in [0.29, 0.717) is 58.4 Å². The molecule has 5 atom stereocenters. The van der Waals surface area contributed by atoms with Crippen LogP contribution in [0, 0.1) is 11.8 Å². The first-order valence-electron chi connectivity index (χ1n) is 15.2. The predicted molar refractivity (Wildman–Crippen MR) is 159 cm³/mol. The van der Waals surface area contributed by atoms with E-state index < -0.39 is 29.1 Å². The first-order valence-corrected chi connectivity index (χ1v) is 15.2. The molecule has 3 amide bonds. The van der Waals surface area contributed by atoms with E-state index in [4.69, 9.17) is 4.74 Å². The van der Waals surface area contributed by atoms with Gasteiger partial charge in [-0.2, -0.15) is 0 Å². The maximum Gasteiger partial charge on any atom is 0.248 e. The minimum absolute atomic E-state index is 0.0144. The Morgan fingerprint density at radius 1 is 1.05 bits per heavy atom. The van der Waals surface area contributed by atoms with Crippen LogP contribution < -0.4 is 0 Å². The van der Waals surface area contributed by atoms with Crippen molar-refractivity contribution in [3.05, 3.63) is 61.2 Å². The van der Waals surface area contributed by atoms with Gasteiger partial charge in [-0.1, -0.05) is 62.2 Å². The van der Waals surface area contributed by atoms with Crippen molar-refractivity contribution in [2.24, 2.45) is 11.8 Å². The highest BCUT2D eigenvalue weighted by Crippen LogP contribution is 2.63. The zero-order valence-electron chi connectivity index (χ0n) is 24.8. The standard InChI is InChI=1S/C33H47N3O5/c1-5-8-12-21-34(19-6-2)31(40)28-33-18-17-32(4,41-33)26(27(33)30(39)36(28)22-13-14-23-37)29(38)35(20-7-3)24-25-15-10-9-11-16-25/h6-7,9-11,15-16,26-28,37H,2-3,5,8,12-14,17-24H2,1,4H3/t26-,27+,28?,32+,33?/m1/s1. The second-order valence-corrected chi connectivity index (χ2v) is 12.0. The predicted octanol–water partition coefficient (Wildman–Crippen LogP) is 3.94. The van der Waals surface area contributed by atoms with Gasteiger partial charge in [-0.3, -0.25) is 14.4 Å². The molecule has 3 fully saturated rings. The van der Waals surface area contributed by atoms with Crippen molar-refractivity contribution in [1.29, 1.82) is 0 Å². The lowest BCUT2D eigenvalue weighted by Crippen LogP contribution is -2.56. The molecule has 0 saturated carbocycles. The third-order valence-corrected chi connectivity index (χ3v) is 9.15. The van der Waals surface area contributed by atoms with Crippen LogP contribution in [0.15, 0.2) is 55.6 Å². The number of likely N-dealkylation sites (tertiary alicyclic amines) is 1. The van der Waals surface area contributed by atoms with Gasteiger partial charge in [0.25, 0.3) is 0 Å². The molecule has 0 radical (unpaired) electrons. The summed E-state index contributed by atoms with van der Waals surface area (Å²) in [6.07, 6.45) is 8.59. The number of hydrogen-bond acceptors (Lipinski definition) is 5. The minimum Gasteiger partial charge on any atom is -0.396 e. The molecule has 1 aromatic carbocycles. The van der Waals surface area contributed by atoms with E-state index in [9.17, 15) is 19.5 Å². The van der Waals surface area contributed by atoms with Gasteiger partial charge in [-0.15, -0.1) is 13.2 Å². The van der Waals surface area contributed by atoms with E-state index in [1.165, 1.54) is 0 Å². The van der Waals surface area contributed by atoms with Crippen molar-refractivity contribution in [2.75, 3.05) is 32.8 Å². The number of hydrogen-bond donors (Lipinski definition) is 1. The molecule has 1 N–H and O–H groups in total. The summed E-state index contributed by atoms with van der Waals surface area (Å²) in [6.45, 7) is 13.9. The maximum atomic E-state index is 14.4. The van der Waals surface area contributed by atoms with Gasteiger partial charge in [0, 0.05) is 39.3 Å². The SMILES string of the molecule is C=CCN(CCCCC)C(=O)C1N(CCCCO)C(=O)[C@@H]2[C@H](C(=O)N(CC=C)Cc3ccccc3)[C@]3(C)CCC12O3. The van der Waals surface area contributed by atoms with E-state index in [0.717, 1.165) is 24.8 Å². The number of aliphatic hydroxyl groups is 1. The van der Waals surface area contributed by atoms with Crippen LogP contribution in [0.2, 0.25) is 0 Å². The molecule has 3 aliphatic heterocycles. The lowest BCUT2D eigenvalue weighted by molar-refractivity contribution is -0.153. The first kappa shape index (κ1) is 31.0. The molecule has 8 nitrogen and oxygen atoms in total. The molecule has 224 valence electrons. The number of ether oxygens (including phenoxy) is 1. The van der Waals surface area contributed by atoms with Crippen LogP contribution in [0.25, 0.3) is 0 Å². The summed E-state index contributed by atoms with van der Waals surface area (Å²) in [4.78, 5) is 48.2. The van der Waals surface area contributed by atoms with Crippen molar-refractivity contribution in [2.45, 2.75) is 82.6 Å². The summed E-state index contributed by atoms with van der Waals surface area (Å²) in [5.74, 6) is -1.89. The summed E-state index contributed by atoms with van der Waals surface area (Å²) in [5.41, 5.74) is -0.899. The Kier molecular flexibility index (Phi) is 10.1. The van der Waals surface area contributed by atoms with E-state index in [1.807, 2.05) is 37.3 Å². The number of aliphatic hydroxyl groups excluding tert-OH is 1. The zero-order valence-corrected chi connectivity index (χ0v) is 24.8. The summed E-state index contributed by atoms with van der Waals surface area (Å²) < 4.78 is 6.82. The Morgan fingerprint density at radius 2 is 1.76 bits per heavy atom. The highest BCUT2D eigenvalue weighted by Gasteiger charge is 2.78. The van der Waals surface area contributed by atoms with Gasteiger partial charge >= 0.3 is 0 Å².